The van der Waals surface area contributed by atoms with Gasteiger partial charge in [-0.1, -0.05) is 30.1 Å². The first-order valence-corrected chi connectivity index (χ1v) is 8.77. The summed E-state index contributed by atoms with van der Waals surface area (Å²) < 4.78 is 0. The fourth-order valence-electron chi connectivity index (χ4n) is 2.23. The Kier molecular flexibility index (Phi) is 4.57. The first-order chi connectivity index (χ1) is 10.2. The minimum absolute atomic E-state index is 0.617. The SMILES string of the molecule is CCCNc1nc(-c2cc(Cl)ccc2Cl)nc2c1CSC2. The van der Waals surface area contributed by atoms with Gasteiger partial charge < -0.3 is 5.32 Å². The van der Waals surface area contributed by atoms with Crippen LogP contribution in [0.5, 0.6) is 0 Å². The van der Waals surface area contributed by atoms with Gasteiger partial charge in [-0.3, -0.25) is 0 Å². The maximum atomic E-state index is 6.27. The summed E-state index contributed by atoms with van der Waals surface area (Å²) in [7, 11) is 0. The fourth-order valence-corrected chi connectivity index (χ4v) is 3.65. The zero-order chi connectivity index (χ0) is 14.8. The molecule has 0 atom stereocenters. The molecule has 0 amide bonds. The summed E-state index contributed by atoms with van der Waals surface area (Å²) >= 11 is 14.2. The predicted octanol–water partition coefficient (Wildman–Crippen LogP) is 5.02. The van der Waals surface area contributed by atoms with Gasteiger partial charge >= 0.3 is 0 Å². The molecule has 1 aromatic carbocycles. The lowest BCUT2D eigenvalue weighted by Gasteiger charge is -2.12. The number of hydrogen-bond acceptors (Lipinski definition) is 4. The van der Waals surface area contributed by atoms with Crippen LogP contribution in [0, 0.1) is 0 Å². The number of anilines is 1. The van der Waals surface area contributed by atoms with Crippen molar-refractivity contribution in [3.63, 3.8) is 0 Å². The minimum Gasteiger partial charge on any atom is -0.370 e. The van der Waals surface area contributed by atoms with Crippen LogP contribution in [0.4, 0.5) is 5.82 Å². The van der Waals surface area contributed by atoms with Crippen molar-refractivity contribution in [2.24, 2.45) is 0 Å². The van der Waals surface area contributed by atoms with Crippen molar-refractivity contribution in [2.75, 3.05) is 11.9 Å². The normalized spacial score (nSPS) is 13.3. The molecule has 0 radical (unpaired) electrons. The number of hydrogen-bond donors (Lipinski definition) is 1. The Morgan fingerprint density at radius 3 is 2.90 bits per heavy atom. The summed E-state index contributed by atoms with van der Waals surface area (Å²) in [5, 5.41) is 4.65. The first-order valence-electron chi connectivity index (χ1n) is 6.86. The van der Waals surface area contributed by atoms with Crippen LogP contribution in [0.25, 0.3) is 11.4 Å². The number of halogens is 2. The molecule has 1 aromatic heterocycles. The summed E-state index contributed by atoms with van der Waals surface area (Å²) in [4.78, 5) is 9.35. The molecule has 3 nitrogen and oxygen atoms in total. The van der Waals surface area contributed by atoms with Gasteiger partial charge in [-0.25, -0.2) is 9.97 Å². The molecule has 0 saturated heterocycles. The molecule has 2 aromatic rings. The average molecular weight is 340 g/mol. The molecular weight excluding hydrogens is 325 g/mol. The Labute approximate surface area is 138 Å². The van der Waals surface area contributed by atoms with Gasteiger partial charge in [-0.05, 0) is 24.6 Å². The zero-order valence-electron chi connectivity index (χ0n) is 11.6. The Morgan fingerprint density at radius 2 is 2.10 bits per heavy atom. The van der Waals surface area contributed by atoms with Crippen molar-refractivity contribution in [1.29, 1.82) is 0 Å². The number of fused-ring (bicyclic) bond motifs is 1. The van der Waals surface area contributed by atoms with Crippen molar-refractivity contribution in [2.45, 2.75) is 24.9 Å². The Balaban J connectivity index is 2.08. The van der Waals surface area contributed by atoms with E-state index in [0.29, 0.717) is 15.9 Å². The summed E-state index contributed by atoms with van der Waals surface area (Å²) in [6, 6.07) is 5.37. The summed E-state index contributed by atoms with van der Waals surface area (Å²) in [6.07, 6.45) is 1.05. The summed E-state index contributed by atoms with van der Waals surface area (Å²) in [5.74, 6) is 3.45. The van der Waals surface area contributed by atoms with Gasteiger partial charge in [0.15, 0.2) is 5.82 Å². The van der Waals surface area contributed by atoms with E-state index < -0.39 is 0 Å². The van der Waals surface area contributed by atoms with Crippen LogP contribution in [0.2, 0.25) is 10.0 Å². The molecule has 3 rings (SSSR count). The van der Waals surface area contributed by atoms with E-state index in [1.165, 1.54) is 5.56 Å². The molecule has 0 unspecified atom stereocenters. The quantitative estimate of drug-likeness (QED) is 0.848. The number of aromatic nitrogens is 2. The Morgan fingerprint density at radius 1 is 1.24 bits per heavy atom. The third-order valence-corrected chi connectivity index (χ3v) is 4.82. The molecule has 1 N–H and O–H groups in total. The van der Waals surface area contributed by atoms with Crippen LogP contribution < -0.4 is 5.32 Å². The first kappa shape index (κ1) is 14.9. The number of nitrogens with zero attached hydrogens (tertiary/aromatic N) is 2. The van der Waals surface area contributed by atoms with Gasteiger partial charge in [0, 0.05) is 34.2 Å². The van der Waals surface area contributed by atoms with Gasteiger partial charge in [0.25, 0.3) is 0 Å². The maximum absolute atomic E-state index is 6.27. The van der Waals surface area contributed by atoms with E-state index in [4.69, 9.17) is 23.2 Å². The zero-order valence-corrected chi connectivity index (χ0v) is 13.9. The number of benzene rings is 1. The molecule has 0 bridgehead atoms. The molecule has 0 spiro atoms. The van der Waals surface area contributed by atoms with Crippen molar-refractivity contribution in [3.05, 3.63) is 39.5 Å². The van der Waals surface area contributed by atoms with Crippen molar-refractivity contribution in [1.82, 2.24) is 9.97 Å². The van der Waals surface area contributed by atoms with E-state index in [9.17, 15) is 0 Å². The molecule has 0 aliphatic carbocycles. The molecule has 1 aliphatic rings. The smallest absolute Gasteiger partial charge is 0.163 e. The molecule has 2 heterocycles. The van der Waals surface area contributed by atoms with E-state index in [-0.39, 0.29) is 0 Å². The molecule has 0 fully saturated rings. The highest BCUT2D eigenvalue weighted by Gasteiger charge is 2.21. The van der Waals surface area contributed by atoms with Gasteiger partial charge in [0.1, 0.15) is 5.82 Å². The van der Waals surface area contributed by atoms with Crippen LogP contribution >= 0.6 is 35.0 Å². The highest BCUT2D eigenvalue weighted by molar-refractivity contribution is 7.98. The standard InChI is InChI=1S/C15H15Cl2N3S/c1-2-5-18-14-11-7-21-8-13(11)19-15(20-14)10-6-9(16)3-4-12(10)17/h3-4,6H,2,5,7-8H2,1H3,(H,18,19,20). The molecule has 1 aliphatic heterocycles. The highest BCUT2D eigenvalue weighted by Crippen LogP contribution is 2.36. The van der Waals surface area contributed by atoms with Crippen LogP contribution in [0.15, 0.2) is 18.2 Å². The van der Waals surface area contributed by atoms with Gasteiger partial charge in [0.05, 0.1) is 10.7 Å². The molecular formula is C15H15Cl2N3S. The molecule has 6 heteroatoms. The number of rotatable bonds is 4. The topological polar surface area (TPSA) is 37.8 Å². The Bertz CT molecular complexity index is 676. The van der Waals surface area contributed by atoms with Gasteiger partial charge in [-0.2, -0.15) is 11.8 Å². The lowest BCUT2D eigenvalue weighted by Crippen LogP contribution is -2.08. The van der Waals surface area contributed by atoms with Crippen LogP contribution in [0.1, 0.15) is 24.6 Å². The average Bonchev–Trinajstić information content (AvgIpc) is 2.95. The van der Waals surface area contributed by atoms with Gasteiger partial charge in [-0.15, -0.1) is 0 Å². The van der Waals surface area contributed by atoms with Crippen LogP contribution in [-0.2, 0) is 11.5 Å². The van der Waals surface area contributed by atoms with E-state index in [1.54, 1.807) is 12.1 Å². The van der Waals surface area contributed by atoms with Crippen LogP contribution in [-0.4, -0.2) is 16.5 Å². The second-order valence-electron chi connectivity index (χ2n) is 4.86. The largest absolute Gasteiger partial charge is 0.370 e. The van der Waals surface area contributed by atoms with Crippen molar-refractivity contribution in [3.8, 4) is 11.4 Å². The van der Waals surface area contributed by atoms with Crippen molar-refractivity contribution < 1.29 is 0 Å². The van der Waals surface area contributed by atoms with E-state index >= 15 is 0 Å². The third kappa shape index (κ3) is 3.12. The number of nitrogens with one attached hydrogen (secondary N) is 1. The van der Waals surface area contributed by atoms with Crippen molar-refractivity contribution >= 4 is 40.8 Å². The monoisotopic (exact) mass is 339 g/mol. The van der Waals surface area contributed by atoms with E-state index in [0.717, 1.165) is 41.5 Å². The van der Waals surface area contributed by atoms with E-state index in [2.05, 4.69) is 22.2 Å². The van der Waals surface area contributed by atoms with Crippen LogP contribution in [0.3, 0.4) is 0 Å². The van der Waals surface area contributed by atoms with E-state index in [1.807, 2.05) is 17.8 Å². The Hall–Kier alpha value is -0.970. The third-order valence-electron chi connectivity index (χ3n) is 3.29. The number of thioether (sulfide) groups is 1. The lowest BCUT2D eigenvalue weighted by molar-refractivity contribution is 0.955. The second kappa shape index (κ2) is 6.42. The molecule has 0 saturated carbocycles. The summed E-state index contributed by atoms with van der Waals surface area (Å²) in [6.45, 7) is 3.04. The molecule has 21 heavy (non-hydrogen) atoms. The predicted molar refractivity (Wildman–Crippen MR) is 91.3 cm³/mol. The highest BCUT2D eigenvalue weighted by atomic mass is 35.5. The molecule has 110 valence electrons. The lowest BCUT2D eigenvalue weighted by atomic mass is 10.2. The minimum atomic E-state index is 0.617. The van der Waals surface area contributed by atoms with Gasteiger partial charge in [0.2, 0.25) is 0 Å². The summed E-state index contributed by atoms with van der Waals surface area (Å²) in [5.41, 5.74) is 3.10. The fraction of sp³-hybridized carbons (Fsp3) is 0.333. The second-order valence-corrected chi connectivity index (χ2v) is 6.69. The maximum Gasteiger partial charge on any atom is 0.163 e.